The molecule has 116 valence electrons. The van der Waals surface area contributed by atoms with Crippen molar-refractivity contribution in [2.45, 2.75) is 13.1 Å². The highest BCUT2D eigenvalue weighted by molar-refractivity contribution is 9.10. The van der Waals surface area contributed by atoms with Crippen LogP contribution in [0.3, 0.4) is 0 Å². The van der Waals surface area contributed by atoms with Gasteiger partial charge in [-0.25, -0.2) is 4.68 Å². The van der Waals surface area contributed by atoms with Gasteiger partial charge in [-0.15, -0.1) is 0 Å². The van der Waals surface area contributed by atoms with Gasteiger partial charge in [0.2, 0.25) is 0 Å². The first kappa shape index (κ1) is 16.4. The second kappa shape index (κ2) is 7.86. The molecule has 0 atom stereocenters. The number of carbonyl (C=O) groups excluding carboxylic acids is 1. The molecule has 0 radical (unpaired) electrons. The van der Waals surface area contributed by atoms with Gasteiger partial charge >= 0.3 is 0 Å². The number of hydrogen-bond acceptors (Lipinski definition) is 4. The summed E-state index contributed by atoms with van der Waals surface area (Å²) >= 11 is 3.38. The number of carbonyl (C=O) groups is 1. The van der Waals surface area contributed by atoms with E-state index in [2.05, 4.69) is 26.3 Å². The number of methoxy groups -OCH3 is 1. The third kappa shape index (κ3) is 4.51. The molecule has 0 spiro atoms. The summed E-state index contributed by atoms with van der Waals surface area (Å²) in [5.74, 6) is -0.328. The molecule has 6 nitrogen and oxygen atoms in total. The fourth-order valence-electron chi connectivity index (χ4n) is 1.83. The van der Waals surface area contributed by atoms with Crippen LogP contribution < -0.4 is 10.9 Å². The van der Waals surface area contributed by atoms with Crippen LogP contribution in [0.2, 0.25) is 0 Å². The van der Waals surface area contributed by atoms with Crippen LogP contribution in [0.1, 0.15) is 16.1 Å². The maximum absolute atomic E-state index is 12.1. The smallest absolute Gasteiger partial charge is 0.271 e. The van der Waals surface area contributed by atoms with Crippen LogP contribution >= 0.6 is 15.9 Å². The predicted octanol–water partition coefficient (Wildman–Crippen LogP) is 1.58. The molecule has 0 saturated carbocycles. The minimum absolute atomic E-state index is 0.200. The average Bonchev–Trinajstić information content (AvgIpc) is 2.52. The normalized spacial score (nSPS) is 10.5. The van der Waals surface area contributed by atoms with E-state index < -0.39 is 0 Å². The fourth-order valence-corrected chi connectivity index (χ4v) is 2.27. The van der Waals surface area contributed by atoms with Crippen LogP contribution in [-0.4, -0.2) is 29.4 Å². The lowest BCUT2D eigenvalue weighted by atomic mass is 10.2. The third-order valence-corrected chi connectivity index (χ3v) is 3.44. The zero-order valence-electron chi connectivity index (χ0n) is 12.1. The van der Waals surface area contributed by atoms with E-state index in [0.29, 0.717) is 19.7 Å². The second-order valence-electron chi connectivity index (χ2n) is 4.59. The van der Waals surface area contributed by atoms with Crippen molar-refractivity contribution in [3.63, 3.8) is 0 Å². The van der Waals surface area contributed by atoms with Gasteiger partial charge in [-0.1, -0.05) is 28.1 Å². The number of halogens is 1. The Balaban J connectivity index is 2.04. The van der Waals surface area contributed by atoms with Crippen molar-refractivity contribution in [3.05, 3.63) is 62.5 Å². The number of hydrogen-bond donors (Lipinski definition) is 1. The zero-order valence-corrected chi connectivity index (χ0v) is 13.7. The molecule has 22 heavy (non-hydrogen) atoms. The highest BCUT2D eigenvalue weighted by Gasteiger charge is 2.09. The van der Waals surface area contributed by atoms with Crippen molar-refractivity contribution in [1.29, 1.82) is 0 Å². The number of rotatable bonds is 6. The van der Waals surface area contributed by atoms with E-state index in [-0.39, 0.29) is 17.2 Å². The van der Waals surface area contributed by atoms with Gasteiger partial charge in [-0.3, -0.25) is 9.59 Å². The van der Waals surface area contributed by atoms with Gasteiger partial charge in [0.25, 0.3) is 11.5 Å². The minimum atomic E-state index is -0.328. The lowest BCUT2D eigenvalue weighted by Gasteiger charge is -2.08. The molecule has 7 heteroatoms. The monoisotopic (exact) mass is 365 g/mol. The maximum atomic E-state index is 12.1. The van der Waals surface area contributed by atoms with Crippen molar-refractivity contribution in [2.75, 3.05) is 13.7 Å². The SMILES string of the molecule is COCCn1nc(C(=O)NCc2cccc(Br)c2)ccc1=O. The van der Waals surface area contributed by atoms with Gasteiger partial charge in [0, 0.05) is 24.2 Å². The topological polar surface area (TPSA) is 73.2 Å². The van der Waals surface area contributed by atoms with Gasteiger partial charge in [0.05, 0.1) is 13.2 Å². The number of amides is 1. The molecule has 0 aliphatic carbocycles. The third-order valence-electron chi connectivity index (χ3n) is 2.95. The predicted molar refractivity (Wildman–Crippen MR) is 85.7 cm³/mol. The summed E-state index contributed by atoms with van der Waals surface area (Å²) in [5.41, 5.74) is 0.904. The lowest BCUT2D eigenvalue weighted by molar-refractivity contribution is 0.0942. The Kier molecular flexibility index (Phi) is 5.85. The van der Waals surface area contributed by atoms with Crippen LogP contribution in [0.15, 0.2) is 45.7 Å². The molecule has 2 aromatic rings. The molecule has 2 rings (SSSR count). The Morgan fingerprint density at radius 1 is 1.36 bits per heavy atom. The Bertz CT molecular complexity index is 715. The number of nitrogens with one attached hydrogen (secondary N) is 1. The summed E-state index contributed by atoms with van der Waals surface area (Å²) in [6.07, 6.45) is 0. The molecule has 1 aromatic carbocycles. The quantitative estimate of drug-likeness (QED) is 0.843. The number of ether oxygens (including phenoxy) is 1. The maximum Gasteiger partial charge on any atom is 0.271 e. The first-order valence-corrected chi connectivity index (χ1v) is 7.49. The van der Waals surface area contributed by atoms with Crippen molar-refractivity contribution in [1.82, 2.24) is 15.1 Å². The molecule has 0 aliphatic rings. The van der Waals surface area contributed by atoms with Gasteiger partial charge < -0.3 is 10.1 Å². The first-order valence-electron chi connectivity index (χ1n) is 6.70. The summed E-state index contributed by atoms with van der Waals surface area (Å²) in [6.45, 7) is 1.05. The van der Waals surface area contributed by atoms with Crippen LogP contribution in [0, 0.1) is 0 Å². The Morgan fingerprint density at radius 3 is 2.91 bits per heavy atom. The highest BCUT2D eigenvalue weighted by atomic mass is 79.9. The van der Waals surface area contributed by atoms with E-state index >= 15 is 0 Å². The summed E-state index contributed by atoms with van der Waals surface area (Å²) < 4.78 is 7.08. The molecule has 1 heterocycles. The van der Waals surface area contributed by atoms with E-state index in [9.17, 15) is 9.59 Å². The molecule has 0 saturated heterocycles. The van der Waals surface area contributed by atoms with Crippen molar-refractivity contribution in [3.8, 4) is 0 Å². The minimum Gasteiger partial charge on any atom is -0.383 e. The molecule has 0 fully saturated rings. The molecule has 1 N–H and O–H groups in total. The molecule has 0 unspecified atom stereocenters. The summed E-state index contributed by atoms with van der Waals surface area (Å²) in [7, 11) is 1.54. The van der Waals surface area contributed by atoms with E-state index in [0.717, 1.165) is 10.0 Å². The van der Waals surface area contributed by atoms with Gasteiger partial charge in [-0.2, -0.15) is 5.10 Å². The van der Waals surface area contributed by atoms with Crippen LogP contribution in [0.5, 0.6) is 0 Å². The van der Waals surface area contributed by atoms with E-state index in [1.807, 2.05) is 24.3 Å². The molecule has 0 bridgehead atoms. The van der Waals surface area contributed by atoms with Crippen molar-refractivity contribution in [2.24, 2.45) is 0 Å². The number of nitrogens with zero attached hydrogens (tertiary/aromatic N) is 2. The van der Waals surface area contributed by atoms with Gasteiger partial charge in [0.15, 0.2) is 0 Å². The number of benzene rings is 1. The fraction of sp³-hybridized carbons (Fsp3) is 0.267. The molecule has 1 aromatic heterocycles. The Labute approximate surface area is 136 Å². The van der Waals surface area contributed by atoms with Crippen LogP contribution in [-0.2, 0) is 17.8 Å². The van der Waals surface area contributed by atoms with E-state index in [1.165, 1.54) is 16.8 Å². The second-order valence-corrected chi connectivity index (χ2v) is 5.50. The molecular weight excluding hydrogens is 350 g/mol. The average molecular weight is 366 g/mol. The Morgan fingerprint density at radius 2 is 2.18 bits per heavy atom. The summed E-state index contributed by atoms with van der Waals surface area (Å²) in [4.78, 5) is 23.7. The number of aromatic nitrogens is 2. The highest BCUT2D eigenvalue weighted by Crippen LogP contribution is 2.11. The largest absolute Gasteiger partial charge is 0.383 e. The van der Waals surface area contributed by atoms with Crippen molar-refractivity contribution < 1.29 is 9.53 Å². The van der Waals surface area contributed by atoms with Gasteiger partial charge in [0.1, 0.15) is 5.69 Å². The summed E-state index contributed by atoms with van der Waals surface area (Å²) in [6, 6.07) is 10.4. The first-order chi connectivity index (χ1) is 10.6. The molecular formula is C15H16BrN3O3. The van der Waals surface area contributed by atoms with E-state index in [1.54, 1.807) is 7.11 Å². The van der Waals surface area contributed by atoms with Crippen LogP contribution in [0.25, 0.3) is 0 Å². The molecule has 0 aliphatic heterocycles. The summed E-state index contributed by atoms with van der Waals surface area (Å²) in [5, 5.41) is 6.82. The van der Waals surface area contributed by atoms with Crippen LogP contribution in [0.4, 0.5) is 0 Å². The lowest BCUT2D eigenvalue weighted by Crippen LogP contribution is -2.30. The van der Waals surface area contributed by atoms with E-state index in [4.69, 9.17) is 4.74 Å². The molecule has 1 amide bonds. The standard InChI is InChI=1S/C15H16BrN3O3/c1-22-8-7-19-14(20)6-5-13(18-19)15(21)17-10-11-3-2-4-12(16)9-11/h2-6,9H,7-8,10H2,1H3,(H,17,21). The van der Waals surface area contributed by atoms with Gasteiger partial charge in [-0.05, 0) is 23.8 Å². The Hall–Kier alpha value is -1.99. The zero-order chi connectivity index (χ0) is 15.9. The van der Waals surface area contributed by atoms with Crippen molar-refractivity contribution >= 4 is 21.8 Å².